The van der Waals surface area contributed by atoms with Gasteiger partial charge in [0.05, 0.1) is 7.11 Å². The second kappa shape index (κ2) is 9.68. The van der Waals surface area contributed by atoms with Crippen molar-refractivity contribution >= 4 is 11.9 Å². The first-order valence-electron chi connectivity index (χ1n) is 6.58. The van der Waals surface area contributed by atoms with Gasteiger partial charge in [-0.05, 0) is 25.8 Å². The molecule has 104 valence electrons. The summed E-state index contributed by atoms with van der Waals surface area (Å²) in [5.41, 5.74) is 1.01. The number of nitrogens with one attached hydrogen (secondary N) is 1. The third-order valence-electron chi connectivity index (χ3n) is 2.66. The number of rotatable bonds is 8. The summed E-state index contributed by atoms with van der Waals surface area (Å²) in [7, 11) is 1.31. The molecule has 4 nitrogen and oxygen atoms in total. The summed E-state index contributed by atoms with van der Waals surface area (Å²) in [6.45, 7) is 5.70. The predicted octanol–water partition coefficient (Wildman–Crippen LogP) is 2.93. The summed E-state index contributed by atoms with van der Waals surface area (Å²) in [4.78, 5) is 23.1. The van der Waals surface area contributed by atoms with Gasteiger partial charge < -0.3 is 10.1 Å². The highest BCUT2D eigenvalue weighted by Crippen LogP contribution is 2.07. The summed E-state index contributed by atoms with van der Waals surface area (Å²) in [5, 5.41) is 2.62. The van der Waals surface area contributed by atoms with Crippen LogP contribution in [-0.4, -0.2) is 19.0 Å². The van der Waals surface area contributed by atoms with Crippen LogP contribution in [0.4, 0.5) is 0 Å². The topological polar surface area (TPSA) is 55.4 Å². The lowest BCUT2D eigenvalue weighted by molar-refractivity contribution is -0.137. The normalized spacial score (nSPS) is 9.78. The number of hydrogen-bond donors (Lipinski definition) is 1. The third kappa shape index (κ3) is 7.09. The van der Waals surface area contributed by atoms with Crippen LogP contribution in [0.3, 0.4) is 0 Å². The highest BCUT2D eigenvalue weighted by Gasteiger charge is 2.14. The van der Waals surface area contributed by atoms with Gasteiger partial charge in [0.15, 0.2) is 0 Å². The summed E-state index contributed by atoms with van der Waals surface area (Å²) in [6.07, 6.45) is 5.94. The van der Waals surface area contributed by atoms with Crippen LogP contribution in [0.1, 0.15) is 59.3 Å². The zero-order chi connectivity index (χ0) is 14.0. The van der Waals surface area contributed by atoms with Crippen molar-refractivity contribution in [3.63, 3.8) is 0 Å². The zero-order valence-electron chi connectivity index (χ0n) is 12.0. The Morgan fingerprint density at radius 2 is 1.67 bits per heavy atom. The molecule has 0 bridgehead atoms. The molecule has 0 aliphatic rings. The number of carbonyl (C=O) groups is 2. The van der Waals surface area contributed by atoms with Crippen molar-refractivity contribution in [3.05, 3.63) is 11.3 Å². The molecule has 0 spiro atoms. The molecule has 0 aromatic carbocycles. The van der Waals surface area contributed by atoms with Crippen LogP contribution in [0.5, 0.6) is 0 Å². The first-order valence-corrected chi connectivity index (χ1v) is 6.58. The molecule has 0 heterocycles. The van der Waals surface area contributed by atoms with E-state index in [2.05, 4.69) is 17.0 Å². The van der Waals surface area contributed by atoms with Gasteiger partial charge in [0.2, 0.25) is 5.91 Å². The van der Waals surface area contributed by atoms with Crippen molar-refractivity contribution in [2.75, 3.05) is 7.11 Å². The fourth-order valence-corrected chi connectivity index (χ4v) is 1.57. The maximum absolute atomic E-state index is 11.7. The Bertz CT molecular complexity index is 304. The van der Waals surface area contributed by atoms with Gasteiger partial charge >= 0.3 is 5.97 Å². The first-order chi connectivity index (χ1) is 8.52. The van der Waals surface area contributed by atoms with Crippen LogP contribution in [0, 0.1) is 0 Å². The minimum Gasteiger partial charge on any atom is -0.464 e. The maximum Gasteiger partial charge on any atom is 0.354 e. The van der Waals surface area contributed by atoms with E-state index in [1.54, 1.807) is 13.8 Å². The van der Waals surface area contributed by atoms with Crippen LogP contribution in [0.15, 0.2) is 11.3 Å². The molecule has 0 unspecified atom stereocenters. The summed E-state index contributed by atoms with van der Waals surface area (Å²) >= 11 is 0. The van der Waals surface area contributed by atoms with Crippen LogP contribution < -0.4 is 5.32 Å². The Hall–Kier alpha value is -1.32. The van der Waals surface area contributed by atoms with Crippen LogP contribution in [0.25, 0.3) is 0 Å². The van der Waals surface area contributed by atoms with E-state index in [-0.39, 0.29) is 11.6 Å². The van der Waals surface area contributed by atoms with Crippen molar-refractivity contribution in [2.45, 2.75) is 59.3 Å². The monoisotopic (exact) mass is 255 g/mol. The molecule has 0 aliphatic carbocycles. The fourth-order valence-electron chi connectivity index (χ4n) is 1.57. The minimum absolute atomic E-state index is 0.118. The number of allylic oxidation sites excluding steroid dienone is 1. The van der Waals surface area contributed by atoms with E-state index in [0.717, 1.165) is 24.8 Å². The highest BCUT2D eigenvalue weighted by atomic mass is 16.5. The molecule has 4 heteroatoms. The standard InChI is InChI=1S/C14H25NO3/c1-5-6-7-8-9-10-12(16)15-13(11(2)3)14(17)18-4/h5-10H2,1-4H3,(H,15,16). The number of methoxy groups -OCH3 is 1. The molecule has 0 aromatic heterocycles. The molecule has 0 fully saturated rings. The molecule has 1 N–H and O–H groups in total. The number of esters is 1. The Morgan fingerprint density at radius 1 is 1.06 bits per heavy atom. The lowest BCUT2D eigenvalue weighted by atomic mass is 10.1. The van der Waals surface area contributed by atoms with Crippen LogP contribution in [0.2, 0.25) is 0 Å². The van der Waals surface area contributed by atoms with E-state index in [1.165, 1.54) is 20.0 Å². The summed E-state index contributed by atoms with van der Waals surface area (Å²) in [6, 6.07) is 0. The molecule has 0 aliphatic heterocycles. The average molecular weight is 255 g/mol. The van der Waals surface area contributed by atoms with Gasteiger partial charge in [-0.1, -0.05) is 32.6 Å². The Labute approximate surface area is 110 Å². The molecule has 18 heavy (non-hydrogen) atoms. The van der Waals surface area contributed by atoms with Crippen LogP contribution in [-0.2, 0) is 14.3 Å². The van der Waals surface area contributed by atoms with Crippen molar-refractivity contribution < 1.29 is 14.3 Å². The van der Waals surface area contributed by atoms with Gasteiger partial charge in [0.25, 0.3) is 0 Å². The number of amides is 1. The molecule has 0 rings (SSSR count). The van der Waals surface area contributed by atoms with E-state index in [9.17, 15) is 9.59 Å². The molecule has 1 amide bonds. The van der Waals surface area contributed by atoms with Crippen LogP contribution >= 0.6 is 0 Å². The Balaban J connectivity index is 4.06. The Morgan fingerprint density at radius 3 is 2.17 bits per heavy atom. The minimum atomic E-state index is -0.491. The van der Waals surface area contributed by atoms with Gasteiger partial charge in [-0.3, -0.25) is 4.79 Å². The highest BCUT2D eigenvalue weighted by molar-refractivity contribution is 5.94. The molecule has 0 atom stereocenters. The van der Waals surface area contributed by atoms with E-state index in [4.69, 9.17) is 0 Å². The second-order valence-electron chi connectivity index (χ2n) is 4.58. The van der Waals surface area contributed by atoms with Gasteiger partial charge in [0.1, 0.15) is 5.70 Å². The van der Waals surface area contributed by atoms with Gasteiger partial charge in [-0.2, -0.15) is 0 Å². The average Bonchev–Trinajstić information content (AvgIpc) is 2.34. The van der Waals surface area contributed by atoms with Crippen molar-refractivity contribution in [1.82, 2.24) is 5.32 Å². The predicted molar refractivity (Wildman–Crippen MR) is 71.9 cm³/mol. The maximum atomic E-state index is 11.7. The number of carbonyl (C=O) groups excluding carboxylic acids is 2. The molecule has 0 saturated carbocycles. The fraction of sp³-hybridized carbons (Fsp3) is 0.714. The molecular weight excluding hydrogens is 230 g/mol. The Kier molecular flexibility index (Phi) is 8.97. The molecule has 0 saturated heterocycles. The van der Waals surface area contributed by atoms with E-state index < -0.39 is 5.97 Å². The molecular formula is C14H25NO3. The van der Waals surface area contributed by atoms with Gasteiger partial charge in [0, 0.05) is 6.42 Å². The van der Waals surface area contributed by atoms with Crippen molar-refractivity contribution in [1.29, 1.82) is 0 Å². The first kappa shape index (κ1) is 16.7. The number of ether oxygens (including phenoxy) is 1. The zero-order valence-corrected chi connectivity index (χ0v) is 12.0. The van der Waals surface area contributed by atoms with Gasteiger partial charge in [-0.15, -0.1) is 0 Å². The largest absolute Gasteiger partial charge is 0.464 e. The smallest absolute Gasteiger partial charge is 0.354 e. The van der Waals surface area contributed by atoms with E-state index in [0.29, 0.717) is 6.42 Å². The lowest BCUT2D eigenvalue weighted by Crippen LogP contribution is -2.28. The summed E-state index contributed by atoms with van der Waals surface area (Å²) < 4.78 is 4.62. The van der Waals surface area contributed by atoms with Crippen molar-refractivity contribution in [3.8, 4) is 0 Å². The third-order valence-corrected chi connectivity index (χ3v) is 2.66. The lowest BCUT2D eigenvalue weighted by Gasteiger charge is -2.09. The van der Waals surface area contributed by atoms with Gasteiger partial charge in [-0.25, -0.2) is 4.79 Å². The quantitative estimate of drug-likeness (QED) is 0.412. The molecule has 0 radical (unpaired) electrons. The number of hydrogen-bond acceptors (Lipinski definition) is 3. The number of unbranched alkanes of at least 4 members (excludes halogenated alkanes) is 4. The summed E-state index contributed by atoms with van der Waals surface area (Å²) in [5.74, 6) is -0.609. The van der Waals surface area contributed by atoms with E-state index in [1.807, 2.05) is 0 Å². The van der Waals surface area contributed by atoms with E-state index >= 15 is 0 Å². The molecule has 0 aromatic rings. The van der Waals surface area contributed by atoms with Crippen molar-refractivity contribution in [2.24, 2.45) is 0 Å². The second-order valence-corrected chi connectivity index (χ2v) is 4.58. The SMILES string of the molecule is CCCCCCCC(=O)NC(C(=O)OC)=C(C)C.